The van der Waals surface area contributed by atoms with E-state index in [0.717, 1.165) is 24.8 Å². The van der Waals surface area contributed by atoms with E-state index in [1.807, 2.05) is 6.07 Å². The lowest BCUT2D eigenvalue weighted by Gasteiger charge is -2.20. The van der Waals surface area contributed by atoms with Crippen molar-refractivity contribution in [3.05, 3.63) is 41.5 Å². The molecule has 0 atom stereocenters. The van der Waals surface area contributed by atoms with E-state index in [2.05, 4.69) is 11.9 Å². The molecule has 0 saturated carbocycles. The maximum atomic E-state index is 11.2. The van der Waals surface area contributed by atoms with Crippen molar-refractivity contribution in [2.45, 2.75) is 32.2 Å². The first-order valence-electron chi connectivity index (χ1n) is 5.95. The summed E-state index contributed by atoms with van der Waals surface area (Å²) in [6, 6.07) is 3.71. The van der Waals surface area contributed by atoms with Gasteiger partial charge in [0.25, 0.3) is 0 Å². The van der Waals surface area contributed by atoms with Crippen LogP contribution < -0.4 is 5.32 Å². The molecular formula is C14H17NO2. The van der Waals surface area contributed by atoms with Gasteiger partial charge in [0.2, 0.25) is 5.91 Å². The van der Waals surface area contributed by atoms with Crippen LogP contribution in [0.5, 0.6) is 5.75 Å². The quantitative estimate of drug-likeness (QED) is 0.782. The number of hydrogen-bond donors (Lipinski definition) is 2. The molecule has 1 aliphatic rings. The molecule has 1 aliphatic carbocycles. The number of nitrogens with one attached hydrogen (secondary N) is 1. The molecule has 0 aliphatic heterocycles. The predicted molar refractivity (Wildman–Crippen MR) is 66.8 cm³/mol. The van der Waals surface area contributed by atoms with Crippen LogP contribution in [-0.4, -0.2) is 11.0 Å². The van der Waals surface area contributed by atoms with Crippen molar-refractivity contribution in [1.29, 1.82) is 0 Å². The van der Waals surface area contributed by atoms with E-state index in [1.54, 1.807) is 6.07 Å². The number of aromatic hydroxyl groups is 1. The molecule has 0 spiro atoms. The molecule has 3 heteroatoms. The van der Waals surface area contributed by atoms with E-state index in [4.69, 9.17) is 0 Å². The Labute approximate surface area is 101 Å². The number of hydrogen-bond acceptors (Lipinski definition) is 2. The predicted octanol–water partition coefficient (Wildman–Crippen LogP) is 2.07. The number of benzene rings is 1. The summed E-state index contributed by atoms with van der Waals surface area (Å²) < 4.78 is 0. The van der Waals surface area contributed by atoms with Gasteiger partial charge < -0.3 is 10.4 Å². The van der Waals surface area contributed by atoms with E-state index in [-0.39, 0.29) is 11.7 Å². The normalized spacial score (nSPS) is 13.9. The molecule has 1 amide bonds. The number of carbonyl (C=O) groups is 1. The number of phenols is 1. The second-order valence-corrected chi connectivity index (χ2v) is 4.33. The molecule has 0 bridgehead atoms. The Morgan fingerprint density at radius 3 is 2.94 bits per heavy atom. The Hall–Kier alpha value is -1.77. The molecule has 3 nitrogen and oxygen atoms in total. The number of aryl methyl sites for hydroxylation is 1. The fraction of sp³-hybridized carbons (Fsp3) is 0.357. The minimum absolute atomic E-state index is 0.210. The average Bonchev–Trinajstić information content (AvgIpc) is 2.37. The van der Waals surface area contributed by atoms with Gasteiger partial charge in [-0.05, 0) is 49.0 Å². The maximum absolute atomic E-state index is 11.2. The average molecular weight is 231 g/mol. The summed E-state index contributed by atoms with van der Waals surface area (Å²) in [6.45, 7) is 3.78. The minimum atomic E-state index is -0.210. The van der Waals surface area contributed by atoms with Gasteiger partial charge in [0.05, 0.1) is 0 Å². The van der Waals surface area contributed by atoms with Gasteiger partial charge in [-0.3, -0.25) is 4.79 Å². The molecule has 90 valence electrons. The van der Waals surface area contributed by atoms with Crippen molar-refractivity contribution in [3.63, 3.8) is 0 Å². The summed E-state index contributed by atoms with van der Waals surface area (Å²) in [6.07, 6.45) is 5.66. The summed E-state index contributed by atoms with van der Waals surface area (Å²) in [5.74, 6) is 0.0628. The Kier molecular flexibility index (Phi) is 3.47. The zero-order valence-electron chi connectivity index (χ0n) is 9.83. The van der Waals surface area contributed by atoms with E-state index in [0.29, 0.717) is 6.54 Å². The largest absolute Gasteiger partial charge is 0.508 e. The van der Waals surface area contributed by atoms with Crippen LogP contribution in [0, 0.1) is 0 Å². The smallest absolute Gasteiger partial charge is 0.243 e. The summed E-state index contributed by atoms with van der Waals surface area (Å²) >= 11 is 0. The number of fused-ring (bicyclic) bond motifs is 1. The van der Waals surface area contributed by atoms with E-state index >= 15 is 0 Å². The van der Waals surface area contributed by atoms with Crippen molar-refractivity contribution in [2.75, 3.05) is 0 Å². The van der Waals surface area contributed by atoms with Gasteiger partial charge >= 0.3 is 0 Å². The van der Waals surface area contributed by atoms with Crippen molar-refractivity contribution in [3.8, 4) is 5.75 Å². The molecule has 1 aromatic rings. The Balaban J connectivity index is 2.25. The molecule has 0 aromatic heterocycles. The molecular weight excluding hydrogens is 214 g/mol. The number of amides is 1. The van der Waals surface area contributed by atoms with Crippen molar-refractivity contribution < 1.29 is 9.90 Å². The molecule has 2 N–H and O–H groups in total. The monoisotopic (exact) mass is 231 g/mol. The van der Waals surface area contributed by atoms with Crippen LogP contribution >= 0.6 is 0 Å². The van der Waals surface area contributed by atoms with Crippen LogP contribution in [0.3, 0.4) is 0 Å². The van der Waals surface area contributed by atoms with Crippen LogP contribution in [-0.2, 0) is 24.2 Å². The first-order valence-corrected chi connectivity index (χ1v) is 5.95. The van der Waals surface area contributed by atoms with Crippen molar-refractivity contribution in [1.82, 2.24) is 5.32 Å². The zero-order valence-corrected chi connectivity index (χ0v) is 9.83. The number of rotatable bonds is 3. The lowest BCUT2D eigenvalue weighted by atomic mass is 9.88. The van der Waals surface area contributed by atoms with Crippen molar-refractivity contribution in [2.24, 2.45) is 0 Å². The summed E-state index contributed by atoms with van der Waals surface area (Å²) in [4.78, 5) is 11.2. The van der Waals surface area contributed by atoms with Gasteiger partial charge in [-0.15, -0.1) is 0 Å². The van der Waals surface area contributed by atoms with Crippen LogP contribution in [0.2, 0.25) is 0 Å². The maximum Gasteiger partial charge on any atom is 0.243 e. The molecule has 1 aromatic carbocycles. The second kappa shape index (κ2) is 5.04. The molecule has 2 rings (SSSR count). The van der Waals surface area contributed by atoms with E-state index < -0.39 is 0 Å². The highest BCUT2D eigenvalue weighted by Crippen LogP contribution is 2.30. The van der Waals surface area contributed by atoms with Gasteiger partial charge in [-0.1, -0.05) is 12.6 Å². The molecule has 0 heterocycles. The highest BCUT2D eigenvalue weighted by atomic mass is 16.3. The first kappa shape index (κ1) is 11.7. The van der Waals surface area contributed by atoms with Crippen molar-refractivity contribution >= 4 is 5.91 Å². The third-order valence-electron chi connectivity index (χ3n) is 3.25. The third kappa shape index (κ3) is 2.49. The summed E-state index contributed by atoms with van der Waals surface area (Å²) in [5.41, 5.74) is 3.37. The molecule has 0 fully saturated rings. The van der Waals surface area contributed by atoms with Gasteiger partial charge in [-0.2, -0.15) is 0 Å². The fourth-order valence-electron chi connectivity index (χ4n) is 2.34. The SMILES string of the molecule is C=CC(=O)NCc1c(O)ccc2c1CCCC2. The van der Waals surface area contributed by atoms with Crippen LogP contribution in [0.4, 0.5) is 0 Å². The Morgan fingerprint density at radius 1 is 1.41 bits per heavy atom. The van der Waals surface area contributed by atoms with Gasteiger partial charge in [-0.25, -0.2) is 0 Å². The van der Waals surface area contributed by atoms with E-state index in [1.165, 1.54) is 23.6 Å². The third-order valence-corrected chi connectivity index (χ3v) is 3.25. The summed E-state index contributed by atoms with van der Waals surface area (Å²) in [5, 5.41) is 12.6. The lowest BCUT2D eigenvalue weighted by Crippen LogP contribution is -2.21. The molecule has 0 saturated heterocycles. The topological polar surface area (TPSA) is 49.3 Å². The van der Waals surface area contributed by atoms with Crippen LogP contribution in [0.15, 0.2) is 24.8 Å². The molecule has 17 heavy (non-hydrogen) atoms. The highest BCUT2D eigenvalue weighted by Gasteiger charge is 2.16. The second-order valence-electron chi connectivity index (χ2n) is 4.33. The zero-order chi connectivity index (χ0) is 12.3. The van der Waals surface area contributed by atoms with Crippen LogP contribution in [0.1, 0.15) is 29.5 Å². The molecule has 0 unspecified atom stereocenters. The molecule has 0 radical (unpaired) electrons. The van der Waals surface area contributed by atoms with E-state index in [9.17, 15) is 9.90 Å². The standard InChI is InChI=1S/C14H17NO2/c1-2-14(17)15-9-12-11-6-4-3-5-10(11)7-8-13(12)16/h2,7-8,16H,1,3-6,9H2,(H,15,17). The van der Waals surface area contributed by atoms with Gasteiger partial charge in [0, 0.05) is 12.1 Å². The van der Waals surface area contributed by atoms with Gasteiger partial charge in [0.1, 0.15) is 5.75 Å². The number of carbonyl (C=O) groups excluding carboxylic acids is 1. The lowest BCUT2D eigenvalue weighted by molar-refractivity contribution is -0.116. The fourth-order valence-corrected chi connectivity index (χ4v) is 2.34. The van der Waals surface area contributed by atoms with Crippen LogP contribution in [0.25, 0.3) is 0 Å². The minimum Gasteiger partial charge on any atom is -0.508 e. The summed E-state index contributed by atoms with van der Waals surface area (Å²) in [7, 11) is 0. The Morgan fingerprint density at radius 2 is 2.18 bits per heavy atom. The first-order chi connectivity index (χ1) is 8.22. The highest BCUT2D eigenvalue weighted by molar-refractivity contribution is 5.86. The number of phenolic OH excluding ortho intramolecular Hbond substituents is 1. The Bertz CT molecular complexity index is 452. The van der Waals surface area contributed by atoms with Gasteiger partial charge in [0.15, 0.2) is 0 Å².